The van der Waals surface area contributed by atoms with Crippen molar-refractivity contribution in [2.24, 2.45) is 5.73 Å². The van der Waals surface area contributed by atoms with Crippen LogP contribution in [0.4, 0.5) is 0 Å². The Morgan fingerprint density at radius 3 is 2.80 bits per heavy atom. The zero-order valence-electron chi connectivity index (χ0n) is 6.04. The van der Waals surface area contributed by atoms with Gasteiger partial charge in [-0.25, -0.2) is 0 Å². The molecule has 0 saturated carbocycles. The summed E-state index contributed by atoms with van der Waals surface area (Å²) in [5.41, 5.74) is 5.14. The van der Waals surface area contributed by atoms with Gasteiger partial charge < -0.3 is 15.6 Å². The quantitative estimate of drug-likeness (QED) is 0.566. The molecule has 0 amide bonds. The van der Waals surface area contributed by atoms with Crippen molar-refractivity contribution in [3.8, 4) is 0 Å². The van der Waals surface area contributed by atoms with Crippen molar-refractivity contribution in [1.29, 1.82) is 0 Å². The minimum absolute atomic E-state index is 0.0417. The fourth-order valence-corrected chi connectivity index (χ4v) is 0.574. The predicted octanol–water partition coefficient (Wildman–Crippen LogP) is -0.175. The second-order valence-corrected chi connectivity index (χ2v) is 2.07. The molecule has 0 aromatic heterocycles. The third-order valence-corrected chi connectivity index (χ3v) is 0.982. The first kappa shape index (κ1) is 9.39. The molecule has 60 valence electrons. The van der Waals surface area contributed by atoms with Crippen molar-refractivity contribution in [3.63, 3.8) is 0 Å². The predicted molar refractivity (Wildman–Crippen MR) is 36.7 cm³/mol. The third kappa shape index (κ3) is 5.53. The molecule has 0 aliphatic rings. The van der Waals surface area contributed by atoms with E-state index < -0.39 is 5.97 Å². The van der Waals surface area contributed by atoms with Crippen LogP contribution < -0.4 is 5.73 Å². The maximum Gasteiger partial charge on any atom is 0.305 e. The van der Waals surface area contributed by atoms with E-state index in [0.717, 1.165) is 0 Å². The van der Waals surface area contributed by atoms with Crippen LogP contribution in [0.25, 0.3) is 0 Å². The maximum absolute atomic E-state index is 10.1. The number of carbonyl (C=O) groups is 1. The molecule has 1 atom stereocenters. The van der Waals surface area contributed by atoms with Crippen LogP contribution in [0.5, 0.6) is 0 Å². The van der Waals surface area contributed by atoms with Gasteiger partial charge in [-0.05, 0) is 6.92 Å². The summed E-state index contributed by atoms with van der Waals surface area (Å²) in [5, 5.41) is 8.27. The van der Waals surface area contributed by atoms with E-state index in [2.05, 4.69) is 0 Å². The maximum atomic E-state index is 10.1. The molecule has 0 fully saturated rings. The Morgan fingerprint density at radius 1 is 1.80 bits per heavy atom. The van der Waals surface area contributed by atoms with Gasteiger partial charge in [0.1, 0.15) is 0 Å². The fraction of sp³-hybridized carbons (Fsp3) is 0.833. The SMILES string of the molecule is CC(CC(=O)O)OCCN. The van der Waals surface area contributed by atoms with Crippen molar-refractivity contribution in [1.82, 2.24) is 0 Å². The molecule has 1 unspecified atom stereocenters. The zero-order valence-corrected chi connectivity index (χ0v) is 6.04. The molecule has 0 radical (unpaired) electrons. The van der Waals surface area contributed by atoms with Crippen LogP contribution in [0.3, 0.4) is 0 Å². The summed E-state index contributed by atoms with van der Waals surface area (Å²) in [6.07, 6.45) is -0.193. The number of nitrogens with two attached hydrogens (primary N) is 1. The number of ether oxygens (including phenoxy) is 1. The standard InChI is InChI=1S/C6H13NO3/c1-5(4-6(8)9)10-3-2-7/h5H,2-4,7H2,1H3,(H,8,9). The summed E-state index contributed by atoms with van der Waals surface area (Å²) < 4.78 is 5.00. The van der Waals surface area contributed by atoms with Gasteiger partial charge >= 0.3 is 5.97 Å². The van der Waals surface area contributed by atoms with E-state index in [1.54, 1.807) is 6.92 Å². The van der Waals surface area contributed by atoms with Crippen molar-refractivity contribution in [2.45, 2.75) is 19.4 Å². The third-order valence-electron chi connectivity index (χ3n) is 0.982. The van der Waals surface area contributed by atoms with Crippen LogP contribution >= 0.6 is 0 Å². The highest BCUT2D eigenvalue weighted by molar-refractivity contribution is 5.67. The van der Waals surface area contributed by atoms with E-state index in [-0.39, 0.29) is 12.5 Å². The minimum atomic E-state index is -0.843. The highest BCUT2D eigenvalue weighted by Gasteiger charge is 2.05. The molecule has 0 aliphatic carbocycles. The number of carboxylic acids is 1. The molecule has 0 aromatic rings. The lowest BCUT2D eigenvalue weighted by Crippen LogP contribution is -2.18. The average molecular weight is 147 g/mol. The summed E-state index contributed by atoms with van der Waals surface area (Å²) in [5.74, 6) is -0.843. The summed E-state index contributed by atoms with van der Waals surface area (Å²) >= 11 is 0. The van der Waals surface area contributed by atoms with Gasteiger partial charge in [0, 0.05) is 6.54 Å². The van der Waals surface area contributed by atoms with E-state index in [1.807, 2.05) is 0 Å². The molecule has 0 bridgehead atoms. The molecule has 0 heterocycles. The second kappa shape index (κ2) is 5.20. The normalized spacial score (nSPS) is 13.0. The first-order chi connectivity index (χ1) is 4.66. The van der Waals surface area contributed by atoms with Crippen LogP contribution in [0.15, 0.2) is 0 Å². The lowest BCUT2D eigenvalue weighted by atomic mass is 10.3. The number of rotatable bonds is 5. The monoisotopic (exact) mass is 147 g/mol. The Morgan fingerprint density at radius 2 is 2.40 bits per heavy atom. The first-order valence-corrected chi connectivity index (χ1v) is 3.20. The van der Waals surface area contributed by atoms with Gasteiger partial charge in [0.25, 0.3) is 0 Å². The van der Waals surface area contributed by atoms with Crippen molar-refractivity contribution in [3.05, 3.63) is 0 Å². The van der Waals surface area contributed by atoms with Crippen LogP contribution in [0.2, 0.25) is 0 Å². The second-order valence-electron chi connectivity index (χ2n) is 2.07. The molecule has 4 heteroatoms. The van der Waals surface area contributed by atoms with E-state index >= 15 is 0 Å². The Hall–Kier alpha value is -0.610. The average Bonchev–Trinajstić information content (AvgIpc) is 1.82. The number of carboxylic acid groups (broad SMARTS) is 1. The van der Waals surface area contributed by atoms with E-state index in [4.69, 9.17) is 15.6 Å². The number of aliphatic carboxylic acids is 1. The molecule has 0 aliphatic heterocycles. The molecule has 0 rings (SSSR count). The molecule has 0 saturated heterocycles. The van der Waals surface area contributed by atoms with Crippen LogP contribution in [-0.2, 0) is 9.53 Å². The van der Waals surface area contributed by atoms with Gasteiger partial charge in [0.05, 0.1) is 19.1 Å². The Balaban J connectivity index is 3.25. The van der Waals surface area contributed by atoms with E-state index in [9.17, 15) is 4.79 Å². The Labute approximate surface area is 60.0 Å². The van der Waals surface area contributed by atoms with E-state index in [1.165, 1.54) is 0 Å². The Bertz CT molecular complexity index is 105. The molecule has 3 N–H and O–H groups in total. The first-order valence-electron chi connectivity index (χ1n) is 3.20. The smallest absolute Gasteiger partial charge is 0.305 e. The summed E-state index contributed by atoms with van der Waals surface area (Å²) in [4.78, 5) is 10.1. The minimum Gasteiger partial charge on any atom is -0.481 e. The van der Waals surface area contributed by atoms with Crippen LogP contribution in [-0.4, -0.2) is 30.3 Å². The van der Waals surface area contributed by atoms with Crippen molar-refractivity contribution < 1.29 is 14.6 Å². The van der Waals surface area contributed by atoms with Gasteiger partial charge in [0.15, 0.2) is 0 Å². The van der Waals surface area contributed by atoms with Gasteiger partial charge in [-0.2, -0.15) is 0 Å². The summed E-state index contributed by atoms with van der Waals surface area (Å²) in [7, 11) is 0. The van der Waals surface area contributed by atoms with Crippen LogP contribution in [0.1, 0.15) is 13.3 Å². The number of hydrogen-bond acceptors (Lipinski definition) is 3. The van der Waals surface area contributed by atoms with Crippen molar-refractivity contribution in [2.75, 3.05) is 13.2 Å². The lowest BCUT2D eigenvalue weighted by Gasteiger charge is -2.08. The lowest BCUT2D eigenvalue weighted by molar-refractivity contribution is -0.139. The van der Waals surface area contributed by atoms with Gasteiger partial charge in [-0.1, -0.05) is 0 Å². The number of hydrogen-bond donors (Lipinski definition) is 2. The van der Waals surface area contributed by atoms with Crippen molar-refractivity contribution >= 4 is 5.97 Å². The molecule has 4 nitrogen and oxygen atoms in total. The topological polar surface area (TPSA) is 72.5 Å². The zero-order chi connectivity index (χ0) is 7.98. The largest absolute Gasteiger partial charge is 0.481 e. The van der Waals surface area contributed by atoms with Crippen LogP contribution in [0, 0.1) is 0 Å². The Kier molecular flexibility index (Phi) is 4.88. The summed E-state index contributed by atoms with van der Waals surface area (Å²) in [6, 6.07) is 0. The van der Waals surface area contributed by atoms with Gasteiger partial charge in [0.2, 0.25) is 0 Å². The van der Waals surface area contributed by atoms with E-state index in [0.29, 0.717) is 13.2 Å². The fourth-order valence-electron chi connectivity index (χ4n) is 0.574. The molecule has 0 spiro atoms. The molecule has 0 aromatic carbocycles. The molecule has 10 heavy (non-hydrogen) atoms. The van der Waals surface area contributed by atoms with Gasteiger partial charge in [-0.15, -0.1) is 0 Å². The molecular weight excluding hydrogens is 134 g/mol. The highest BCUT2D eigenvalue weighted by Crippen LogP contribution is 1.95. The summed E-state index contributed by atoms with van der Waals surface area (Å²) in [6.45, 7) is 2.57. The van der Waals surface area contributed by atoms with Gasteiger partial charge in [-0.3, -0.25) is 4.79 Å². The highest BCUT2D eigenvalue weighted by atomic mass is 16.5. The molecular formula is C6H13NO3.